The number of thioether (sulfide) groups is 1. The summed E-state index contributed by atoms with van der Waals surface area (Å²) < 4.78 is 0. The highest BCUT2D eigenvalue weighted by Gasteiger charge is 2.23. The van der Waals surface area contributed by atoms with Crippen molar-refractivity contribution in [3.8, 4) is 0 Å². The summed E-state index contributed by atoms with van der Waals surface area (Å²) in [4.78, 5) is 27.1. The molecule has 4 rings (SSSR count). The molecule has 1 aliphatic heterocycles. The van der Waals surface area contributed by atoms with E-state index < -0.39 is 0 Å². The van der Waals surface area contributed by atoms with Crippen LogP contribution in [0.15, 0.2) is 82.6 Å². The molecule has 1 heterocycles. The number of hydrogen-bond acceptors (Lipinski definition) is 3. The van der Waals surface area contributed by atoms with Crippen LogP contribution in [0.4, 0.5) is 5.69 Å². The second-order valence-electron chi connectivity index (χ2n) is 7.95. The minimum atomic E-state index is -0.156. The van der Waals surface area contributed by atoms with Crippen LogP contribution in [-0.2, 0) is 11.2 Å². The molecule has 2 amide bonds. The summed E-state index contributed by atoms with van der Waals surface area (Å²) >= 11 is 1.42. The largest absolute Gasteiger partial charge is 0.349 e. The van der Waals surface area contributed by atoms with E-state index in [1.54, 1.807) is 6.07 Å². The van der Waals surface area contributed by atoms with Crippen molar-refractivity contribution in [3.63, 3.8) is 0 Å². The highest BCUT2D eigenvalue weighted by Crippen LogP contribution is 2.39. The molecule has 2 N–H and O–H groups in total. The molecule has 0 aromatic heterocycles. The van der Waals surface area contributed by atoms with Gasteiger partial charge >= 0.3 is 0 Å². The lowest BCUT2D eigenvalue weighted by Gasteiger charge is -2.21. The quantitative estimate of drug-likeness (QED) is 0.472. The Morgan fingerprint density at radius 2 is 1.81 bits per heavy atom. The molecule has 3 aromatic rings. The first-order chi connectivity index (χ1) is 15.5. The summed E-state index contributed by atoms with van der Waals surface area (Å²) in [5, 5.41) is 6.06. The van der Waals surface area contributed by atoms with Crippen LogP contribution in [0.2, 0.25) is 0 Å². The number of benzene rings is 3. The van der Waals surface area contributed by atoms with Crippen molar-refractivity contribution in [1.82, 2.24) is 5.32 Å². The molecule has 0 saturated carbocycles. The molecule has 1 atom stereocenters. The van der Waals surface area contributed by atoms with Crippen molar-refractivity contribution >= 4 is 35.3 Å². The monoisotopic (exact) mass is 442 g/mol. The zero-order chi connectivity index (χ0) is 22.5. The Labute approximate surface area is 193 Å². The van der Waals surface area contributed by atoms with Gasteiger partial charge in [0.2, 0.25) is 0 Å². The standard InChI is InChI=1S/C27H26N2O2S/c1-3-22(15-19-7-5-4-6-8-19)28-26(30)21-13-14-24-23(17-21)29-27(31)25(32-24)16-20-11-9-18(2)10-12-20/h4-14,16-17,22H,3,15H2,1-2H3,(H,28,30)(H,29,31)/b25-16+/t22-/m1/s1. The molecule has 0 fully saturated rings. The van der Waals surface area contributed by atoms with Gasteiger partial charge in [-0.3, -0.25) is 9.59 Å². The van der Waals surface area contributed by atoms with E-state index in [0.717, 1.165) is 23.3 Å². The number of nitrogens with one attached hydrogen (secondary N) is 2. The van der Waals surface area contributed by atoms with Crippen LogP contribution in [0.1, 0.15) is 40.4 Å². The summed E-state index contributed by atoms with van der Waals surface area (Å²) in [6, 6.07) is 23.7. The van der Waals surface area contributed by atoms with Gasteiger partial charge in [-0.05, 0) is 55.2 Å². The maximum atomic E-state index is 12.9. The third kappa shape index (κ3) is 5.29. The van der Waals surface area contributed by atoms with E-state index in [-0.39, 0.29) is 17.9 Å². The van der Waals surface area contributed by atoms with Crippen molar-refractivity contribution < 1.29 is 9.59 Å². The van der Waals surface area contributed by atoms with Gasteiger partial charge in [-0.1, -0.05) is 78.8 Å². The summed E-state index contributed by atoms with van der Waals surface area (Å²) in [5.74, 6) is -0.285. The second-order valence-corrected chi connectivity index (χ2v) is 9.04. The van der Waals surface area contributed by atoms with Crippen LogP contribution in [0, 0.1) is 6.92 Å². The van der Waals surface area contributed by atoms with Crippen LogP contribution >= 0.6 is 11.8 Å². The van der Waals surface area contributed by atoms with E-state index in [1.165, 1.54) is 22.9 Å². The lowest BCUT2D eigenvalue weighted by atomic mass is 10.0. The topological polar surface area (TPSA) is 58.2 Å². The number of rotatable bonds is 6. The summed E-state index contributed by atoms with van der Waals surface area (Å²) in [6.45, 7) is 4.10. The molecule has 5 heteroatoms. The van der Waals surface area contributed by atoms with Crippen molar-refractivity contribution in [3.05, 3.63) is 100.0 Å². The average Bonchev–Trinajstić information content (AvgIpc) is 2.81. The van der Waals surface area contributed by atoms with E-state index in [2.05, 4.69) is 29.7 Å². The minimum Gasteiger partial charge on any atom is -0.349 e. The number of amides is 2. The highest BCUT2D eigenvalue weighted by molar-refractivity contribution is 8.04. The molecule has 32 heavy (non-hydrogen) atoms. The van der Waals surface area contributed by atoms with Gasteiger partial charge < -0.3 is 10.6 Å². The first-order valence-corrected chi connectivity index (χ1v) is 11.6. The Hall–Kier alpha value is -3.31. The Kier molecular flexibility index (Phi) is 6.76. The van der Waals surface area contributed by atoms with Gasteiger partial charge in [0, 0.05) is 16.5 Å². The van der Waals surface area contributed by atoms with Crippen molar-refractivity contribution in [2.45, 2.75) is 37.6 Å². The van der Waals surface area contributed by atoms with E-state index >= 15 is 0 Å². The Bertz CT molecular complexity index is 1150. The fourth-order valence-corrected chi connectivity index (χ4v) is 4.51. The van der Waals surface area contributed by atoms with Crippen LogP contribution in [0.5, 0.6) is 0 Å². The summed E-state index contributed by atoms with van der Waals surface area (Å²) in [7, 11) is 0. The summed E-state index contributed by atoms with van der Waals surface area (Å²) in [5.41, 5.74) is 4.57. The SMILES string of the molecule is CC[C@H](Cc1ccccc1)NC(=O)c1ccc2c(c1)NC(=O)/C(=C\c1ccc(C)cc1)S2. The third-order valence-corrected chi connectivity index (χ3v) is 6.56. The second kappa shape index (κ2) is 9.88. The van der Waals surface area contributed by atoms with E-state index in [1.807, 2.05) is 67.6 Å². The molecule has 0 radical (unpaired) electrons. The van der Waals surface area contributed by atoms with Gasteiger partial charge in [0.15, 0.2) is 0 Å². The van der Waals surface area contributed by atoms with Gasteiger partial charge in [0.1, 0.15) is 0 Å². The molecule has 3 aromatic carbocycles. The van der Waals surface area contributed by atoms with Gasteiger partial charge in [0.05, 0.1) is 10.6 Å². The Morgan fingerprint density at radius 1 is 1.06 bits per heavy atom. The van der Waals surface area contributed by atoms with Crippen molar-refractivity contribution in [1.29, 1.82) is 0 Å². The maximum absolute atomic E-state index is 12.9. The predicted molar refractivity (Wildman–Crippen MR) is 132 cm³/mol. The molecule has 162 valence electrons. The van der Waals surface area contributed by atoms with E-state index in [0.29, 0.717) is 16.2 Å². The minimum absolute atomic E-state index is 0.0499. The number of fused-ring (bicyclic) bond motifs is 1. The van der Waals surface area contributed by atoms with Crippen molar-refractivity contribution in [2.24, 2.45) is 0 Å². The Morgan fingerprint density at radius 3 is 2.53 bits per heavy atom. The van der Waals surface area contributed by atoms with Crippen LogP contribution in [-0.4, -0.2) is 17.9 Å². The van der Waals surface area contributed by atoms with Crippen LogP contribution < -0.4 is 10.6 Å². The maximum Gasteiger partial charge on any atom is 0.262 e. The summed E-state index contributed by atoms with van der Waals surface area (Å²) in [6.07, 6.45) is 3.51. The van der Waals surface area contributed by atoms with Gasteiger partial charge in [-0.15, -0.1) is 0 Å². The molecule has 0 spiro atoms. The smallest absolute Gasteiger partial charge is 0.262 e. The van der Waals surface area contributed by atoms with Crippen LogP contribution in [0.25, 0.3) is 6.08 Å². The van der Waals surface area contributed by atoms with E-state index in [4.69, 9.17) is 0 Å². The predicted octanol–water partition coefficient (Wildman–Crippen LogP) is 5.83. The van der Waals surface area contributed by atoms with Gasteiger partial charge in [0.25, 0.3) is 11.8 Å². The Balaban J connectivity index is 1.47. The molecule has 0 saturated heterocycles. The first-order valence-electron chi connectivity index (χ1n) is 10.8. The highest BCUT2D eigenvalue weighted by atomic mass is 32.2. The number of aryl methyl sites for hydroxylation is 1. The van der Waals surface area contributed by atoms with Gasteiger partial charge in [-0.25, -0.2) is 0 Å². The number of carbonyl (C=O) groups excluding carboxylic acids is 2. The fraction of sp³-hybridized carbons (Fsp3) is 0.185. The van der Waals surface area contributed by atoms with E-state index in [9.17, 15) is 9.59 Å². The number of hydrogen-bond donors (Lipinski definition) is 2. The molecule has 0 bridgehead atoms. The molecule has 1 aliphatic rings. The normalized spacial score (nSPS) is 15.1. The zero-order valence-corrected chi connectivity index (χ0v) is 19.0. The number of carbonyl (C=O) groups is 2. The molecule has 0 unspecified atom stereocenters. The molecular weight excluding hydrogens is 416 g/mol. The van der Waals surface area contributed by atoms with Crippen LogP contribution in [0.3, 0.4) is 0 Å². The van der Waals surface area contributed by atoms with Crippen molar-refractivity contribution in [2.75, 3.05) is 5.32 Å². The lowest BCUT2D eigenvalue weighted by Crippen LogP contribution is -2.36. The molecule has 0 aliphatic carbocycles. The first kappa shape index (κ1) is 21.9. The van der Waals surface area contributed by atoms with Gasteiger partial charge in [-0.2, -0.15) is 0 Å². The zero-order valence-electron chi connectivity index (χ0n) is 18.2. The number of anilines is 1. The third-order valence-electron chi connectivity index (χ3n) is 5.46. The lowest BCUT2D eigenvalue weighted by molar-refractivity contribution is -0.112. The molecular formula is C27H26N2O2S. The molecule has 4 nitrogen and oxygen atoms in total. The average molecular weight is 443 g/mol. The fourth-order valence-electron chi connectivity index (χ4n) is 3.58.